The molecule has 1 unspecified atom stereocenters. The molecule has 0 spiro atoms. The highest BCUT2D eigenvalue weighted by atomic mass is 32.2. The number of nitrogens with zero attached hydrogens (tertiary/aromatic N) is 5. The molecule has 2 aliphatic heterocycles. The third-order valence-electron chi connectivity index (χ3n) is 7.84. The van der Waals surface area contributed by atoms with E-state index in [0.717, 1.165) is 73.9 Å². The highest BCUT2D eigenvalue weighted by molar-refractivity contribution is 7.82. The van der Waals surface area contributed by atoms with E-state index in [4.69, 9.17) is 0 Å². The van der Waals surface area contributed by atoms with Crippen LogP contribution in [-0.4, -0.2) is 68.7 Å². The van der Waals surface area contributed by atoms with Gasteiger partial charge in [-0.15, -0.1) is 0 Å². The van der Waals surface area contributed by atoms with Gasteiger partial charge in [-0.2, -0.15) is 5.10 Å². The number of likely N-dealkylation sites (tertiary alicyclic amines) is 1. The van der Waals surface area contributed by atoms with Crippen molar-refractivity contribution >= 4 is 40.0 Å². The Morgan fingerprint density at radius 1 is 1.18 bits per heavy atom. The van der Waals surface area contributed by atoms with Crippen molar-refractivity contribution < 1.29 is 13.8 Å². The Labute approximate surface area is 238 Å². The highest BCUT2D eigenvalue weighted by Crippen LogP contribution is 2.33. The smallest absolute Gasteiger partial charge is 0.322 e. The molecule has 0 saturated carbocycles. The average molecular weight is 563 g/mol. The number of benzene rings is 2. The van der Waals surface area contributed by atoms with Crippen LogP contribution < -0.4 is 10.2 Å². The first-order valence-corrected chi connectivity index (χ1v) is 15.1. The second kappa shape index (κ2) is 12.8. The van der Waals surface area contributed by atoms with Crippen molar-refractivity contribution in [2.24, 2.45) is 7.05 Å². The van der Waals surface area contributed by atoms with E-state index in [2.05, 4.69) is 51.7 Å². The van der Waals surface area contributed by atoms with Crippen LogP contribution in [0.3, 0.4) is 0 Å². The first-order chi connectivity index (χ1) is 19.5. The molecule has 2 aromatic carbocycles. The number of amides is 2. The second-order valence-corrected chi connectivity index (χ2v) is 11.9. The predicted octanol–water partition coefficient (Wildman–Crippen LogP) is 4.32. The van der Waals surface area contributed by atoms with Crippen molar-refractivity contribution in [3.05, 3.63) is 65.9 Å². The Balaban J connectivity index is 1.24. The molecule has 1 fully saturated rings. The largest absolute Gasteiger partial charge is 0.341 e. The van der Waals surface area contributed by atoms with E-state index in [-0.39, 0.29) is 19.0 Å². The van der Waals surface area contributed by atoms with E-state index >= 15 is 0 Å². The van der Waals surface area contributed by atoms with Gasteiger partial charge in [-0.05, 0) is 80.1 Å². The van der Waals surface area contributed by atoms with Crippen LogP contribution in [0.4, 0.5) is 10.6 Å². The third kappa shape index (κ3) is 6.13. The van der Waals surface area contributed by atoms with Crippen LogP contribution >= 0.6 is 0 Å². The van der Waals surface area contributed by atoms with Crippen LogP contribution in [-0.2, 0) is 29.4 Å². The van der Waals surface area contributed by atoms with Crippen molar-refractivity contribution in [1.82, 2.24) is 24.3 Å². The fraction of sp³-hybridized carbons (Fsp3) is 0.433. The van der Waals surface area contributed by atoms with Crippen molar-refractivity contribution in [1.29, 1.82) is 0 Å². The lowest BCUT2D eigenvalue weighted by molar-refractivity contribution is -0.107. The van der Waals surface area contributed by atoms with Gasteiger partial charge in [-0.25, -0.2) is 9.00 Å². The molecule has 9 nitrogen and oxygen atoms in total. The summed E-state index contributed by atoms with van der Waals surface area (Å²) >= 11 is 0. The molecule has 212 valence electrons. The zero-order chi connectivity index (χ0) is 28.1. The Kier molecular flexibility index (Phi) is 8.96. The number of hydrogen-bond donors (Lipinski definition) is 1. The zero-order valence-corrected chi connectivity index (χ0v) is 24.1. The van der Waals surface area contributed by atoms with E-state index in [9.17, 15) is 13.8 Å². The van der Waals surface area contributed by atoms with Gasteiger partial charge in [0, 0.05) is 51.7 Å². The number of nitrogens with one attached hydrogen (secondary N) is 1. The van der Waals surface area contributed by atoms with Gasteiger partial charge < -0.3 is 10.1 Å². The van der Waals surface area contributed by atoms with E-state index in [1.54, 1.807) is 7.05 Å². The SMILES string of the molecule is CNC(=O)N(CCC=O)c1nn(C)c2cc(C3CCN(Cc4cccc(S(=O)N5C=CCCC5)c4)CC3)ccc12. The maximum absolute atomic E-state index is 13.0. The Hall–Kier alpha value is -3.50. The number of anilines is 1. The monoisotopic (exact) mass is 562 g/mol. The lowest BCUT2D eigenvalue weighted by Gasteiger charge is -2.32. The molecule has 2 aliphatic rings. The first-order valence-electron chi connectivity index (χ1n) is 14.0. The Bertz CT molecular complexity index is 1410. The van der Waals surface area contributed by atoms with Gasteiger partial charge in [0.05, 0.1) is 10.4 Å². The van der Waals surface area contributed by atoms with Crippen molar-refractivity contribution in [3.63, 3.8) is 0 Å². The second-order valence-electron chi connectivity index (χ2n) is 10.5. The summed E-state index contributed by atoms with van der Waals surface area (Å²) in [5.74, 6) is 1.02. The number of rotatable bonds is 9. The van der Waals surface area contributed by atoms with Crippen LogP contribution in [0.2, 0.25) is 0 Å². The van der Waals surface area contributed by atoms with Crippen LogP contribution in [0, 0.1) is 0 Å². The van der Waals surface area contributed by atoms with Crippen LogP contribution in [0.5, 0.6) is 0 Å². The molecule has 1 atom stereocenters. The Morgan fingerprint density at radius 3 is 2.73 bits per heavy atom. The minimum Gasteiger partial charge on any atom is -0.341 e. The van der Waals surface area contributed by atoms with E-state index < -0.39 is 11.0 Å². The minimum atomic E-state index is -1.16. The summed E-state index contributed by atoms with van der Waals surface area (Å²) in [6, 6.07) is 14.3. The number of aromatic nitrogens is 2. The lowest BCUT2D eigenvalue weighted by atomic mass is 9.89. The number of urea groups is 1. The normalized spacial score (nSPS) is 17.2. The molecule has 1 saturated heterocycles. The molecular formula is C30H38N6O3S. The summed E-state index contributed by atoms with van der Waals surface area (Å²) in [6.07, 6.45) is 9.34. The van der Waals surface area contributed by atoms with Gasteiger partial charge in [-0.1, -0.05) is 24.3 Å². The van der Waals surface area contributed by atoms with Crippen molar-refractivity contribution in [2.45, 2.75) is 49.5 Å². The van der Waals surface area contributed by atoms with E-state index in [1.165, 1.54) is 16.0 Å². The third-order valence-corrected chi connectivity index (χ3v) is 9.23. The number of carbonyl (C=O) groups is 2. The fourth-order valence-electron chi connectivity index (χ4n) is 5.67. The number of aldehydes is 1. The van der Waals surface area contributed by atoms with Crippen molar-refractivity contribution in [3.8, 4) is 0 Å². The Morgan fingerprint density at radius 2 is 2.00 bits per heavy atom. The highest BCUT2D eigenvalue weighted by Gasteiger charge is 2.24. The van der Waals surface area contributed by atoms with Crippen LogP contribution in [0.25, 0.3) is 10.9 Å². The number of carbonyl (C=O) groups excluding carboxylic acids is 2. The molecular weight excluding hydrogens is 524 g/mol. The number of allylic oxidation sites excluding steroid dienone is 1. The summed E-state index contributed by atoms with van der Waals surface area (Å²) in [7, 11) is 2.31. The predicted molar refractivity (Wildman–Crippen MR) is 158 cm³/mol. The van der Waals surface area contributed by atoms with Crippen LogP contribution in [0.1, 0.15) is 49.1 Å². The average Bonchev–Trinajstić information content (AvgIpc) is 3.33. The first kappa shape index (κ1) is 28.0. The molecule has 40 heavy (non-hydrogen) atoms. The number of fused-ring (bicyclic) bond motifs is 1. The lowest BCUT2D eigenvalue weighted by Crippen LogP contribution is -2.39. The topological polar surface area (TPSA) is 90.8 Å². The molecule has 3 heterocycles. The molecule has 0 aliphatic carbocycles. The quantitative estimate of drug-likeness (QED) is 0.393. The molecule has 2 amide bonds. The van der Waals surface area contributed by atoms with Gasteiger partial charge >= 0.3 is 6.03 Å². The van der Waals surface area contributed by atoms with E-state index in [0.29, 0.717) is 11.7 Å². The summed E-state index contributed by atoms with van der Waals surface area (Å²) in [5.41, 5.74) is 3.46. The summed E-state index contributed by atoms with van der Waals surface area (Å²) < 4.78 is 16.8. The standard InChI is InChI=1S/C30H38N6O3S/c1-31-30(38)36(16-7-19-37)29-27-11-10-25(21-28(27)33(2)32-29)24-12-17-34(18-13-24)22-23-8-6-9-26(20-23)40(39)35-14-4-3-5-15-35/h4,6,8-11,14,19-21,24H,3,5,7,12-13,15-18,22H2,1-2H3,(H,31,38). The summed E-state index contributed by atoms with van der Waals surface area (Å²) in [6.45, 7) is 3.96. The van der Waals surface area contributed by atoms with Crippen molar-refractivity contribution in [2.75, 3.05) is 38.1 Å². The van der Waals surface area contributed by atoms with Gasteiger partial charge in [0.1, 0.15) is 6.29 Å². The number of hydrogen-bond acceptors (Lipinski definition) is 5. The molecule has 1 aromatic heterocycles. The molecule has 0 radical (unpaired) electrons. The maximum Gasteiger partial charge on any atom is 0.322 e. The molecule has 0 bridgehead atoms. The number of piperidine rings is 1. The minimum absolute atomic E-state index is 0.250. The van der Waals surface area contributed by atoms with Gasteiger partial charge in [0.15, 0.2) is 16.8 Å². The summed E-state index contributed by atoms with van der Waals surface area (Å²) in [5, 5.41) is 8.19. The summed E-state index contributed by atoms with van der Waals surface area (Å²) in [4.78, 5) is 28.3. The zero-order valence-electron chi connectivity index (χ0n) is 23.3. The van der Waals surface area contributed by atoms with Gasteiger partial charge in [-0.3, -0.25) is 18.8 Å². The van der Waals surface area contributed by atoms with Crippen LogP contribution in [0.15, 0.2) is 59.6 Å². The van der Waals surface area contributed by atoms with E-state index in [1.807, 2.05) is 34.4 Å². The molecule has 1 N–H and O–H groups in total. The molecule has 3 aromatic rings. The maximum atomic E-state index is 13.0. The number of aryl methyl sites for hydroxylation is 1. The fourth-order valence-corrected chi connectivity index (χ4v) is 6.88. The van der Waals surface area contributed by atoms with Gasteiger partial charge in [0.2, 0.25) is 0 Å². The van der Waals surface area contributed by atoms with Gasteiger partial charge in [0.25, 0.3) is 0 Å². The molecule has 10 heteroatoms. The molecule has 5 rings (SSSR count).